The van der Waals surface area contributed by atoms with Crippen LogP contribution < -0.4 is 0 Å². The van der Waals surface area contributed by atoms with Gasteiger partial charge in [0.2, 0.25) is 0 Å². The van der Waals surface area contributed by atoms with Crippen LogP contribution >= 0.6 is 0 Å². The van der Waals surface area contributed by atoms with Crippen molar-refractivity contribution in [3.05, 3.63) is 11.6 Å². The minimum Gasteiger partial charge on any atom is -0.460 e. The zero-order valence-electron chi connectivity index (χ0n) is 26.0. The largest absolute Gasteiger partial charge is 0.460 e. The molecule has 3 fully saturated rings. The van der Waals surface area contributed by atoms with Crippen molar-refractivity contribution in [2.24, 2.45) is 46.3 Å². The van der Waals surface area contributed by atoms with E-state index in [-0.39, 0.29) is 12.1 Å². The van der Waals surface area contributed by atoms with Crippen molar-refractivity contribution >= 4 is 5.97 Å². The van der Waals surface area contributed by atoms with Crippen molar-refractivity contribution in [1.82, 2.24) is 0 Å². The molecule has 4 rings (SSSR count). The van der Waals surface area contributed by atoms with Gasteiger partial charge in [0.1, 0.15) is 6.10 Å². The summed E-state index contributed by atoms with van der Waals surface area (Å²) in [5.74, 6) is 5.05. The SMILES string of the molecule is CCCCC(OCC)C(=O)OC1CC[C@@]2(C)C(=CCC3C2CC[C@@]2(C)C3CC[C@@H]2[C@H](C)CCCC(C)C)C1. The number of ether oxygens (including phenoxy) is 2. The number of carbonyl (C=O) groups excluding carboxylic acids is 1. The van der Waals surface area contributed by atoms with Crippen LogP contribution in [0.1, 0.15) is 138 Å². The Kier molecular flexibility index (Phi) is 10.1. The Hall–Kier alpha value is -0.830. The first-order valence-corrected chi connectivity index (χ1v) is 16.7. The lowest BCUT2D eigenvalue weighted by Gasteiger charge is -2.58. The smallest absolute Gasteiger partial charge is 0.335 e. The second-order valence-corrected chi connectivity index (χ2v) is 14.7. The maximum Gasteiger partial charge on any atom is 0.335 e. The minimum absolute atomic E-state index is 0.0272. The van der Waals surface area contributed by atoms with Crippen molar-refractivity contribution in [3.8, 4) is 0 Å². The zero-order chi connectivity index (χ0) is 27.5. The lowest BCUT2D eigenvalue weighted by Crippen LogP contribution is -2.51. The van der Waals surface area contributed by atoms with E-state index in [2.05, 4.69) is 47.6 Å². The monoisotopic (exact) mass is 528 g/mol. The fourth-order valence-corrected chi connectivity index (χ4v) is 9.85. The van der Waals surface area contributed by atoms with Gasteiger partial charge in [-0.2, -0.15) is 0 Å². The quantitative estimate of drug-likeness (QED) is 0.187. The van der Waals surface area contributed by atoms with Gasteiger partial charge in [0.25, 0.3) is 0 Å². The van der Waals surface area contributed by atoms with E-state index in [1.165, 1.54) is 57.8 Å². The molecule has 0 aliphatic heterocycles. The van der Waals surface area contributed by atoms with Gasteiger partial charge in [-0.3, -0.25) is 0 Å². The molecule has 3 saturated carbocycles. The molecule has 0 aromatic heterocycles. The normalized spacial score (nSPS) is 38.1. The van der Waals surface area contributed by atoms with Gasteiger partial charge in [-0.05, 0) is 105 Å². The van der Waals surface area contributed by atoms with E-state index in [1.807, 2.05) is 6.92 Å². The van der Waals surface area contributed by atoms with Gasteiger partial charge in [0.15, 0.2) is 6.10 Å². The average Bonchev–Trinajstić information content (AvgIpc) is 3.23. The van der Waals surface area contributed by atoms with Crippen LogP contribution in [0.2, 0.25) is 0 Å². The molecule has 3 heteroatoms. The van der Waals surface area contributed by atoms with Gasteiger partial charge in [-0.15, -0.1) is 0 Å². The Morgan fingerprint density at radius 1 is 0.974 bits per heavy atom. The van der Waals surface area contributed by atoms with Gasteiger partial charge >= 0.3 is 5.97 Å². The van der Waals surface area contributed by atoms with Crippen LogP contribution in [0, 0.1) is 46.3 Å². The van der Waals surface area contributed by atoms with Crippen LogP contribution in [0.25, 0.3) is 0 Å². The van der Waals surface area contributed by atoms with E-state index in [0.29, 0.717) is 17.4 Å². The number of allylic oxidation sites excluding steroid dienone is 1. The van der Waals surface area contributed by atoms with E-state index in [0.717, 1.165) is 67.6 Å². The lowest BCUT2D eigenvalue weighted by molar-refractivity contribution is -0.165. The molecule has 0 bridgehead atoms. The van der Waals surface area contributed by atoms with Crippen LogP contribution in [0.5, 0.6) is 0 Å². The highest BCUT2D eigenvalue weighted by Gasteiger charge is 2.59. The summed E-state index contributed by atoms with van der Waals surface area (Å²) in [5.41, 5.74) is 2.44. The molecular weight excluding hydrogens is 468 g/mol. The first-order valence-electron chi connectivity index (χ1n) is 16.7. The summed E-state index contributed by atoms with van der Waals surface area (Å²) in [7, 11) is 0. The molecule has 5 unspecified atom stereocenters. The molecular formula is C35H60O3. The van der Waals surface area contributed by atoms with Crippen LogP contribution in [0.15, 0.2) is 11.6 Å². The molecule has 0 N–H and O–H groups in total. The van der Waals surface area contributed by atoms with Crippen molar-refractivity contribution < 1.29 is 14.3 Å². The predicted molar refractivity (Wildman–Crippen MR) is 158 cm³/mol. The molecule has 0 aromatic rings. The Bertz CT molecular complexity index is 816. The summed E-state index contributed by atoms with van der Waals surface area (Å²) in [4.78, 5) is 13.0. The third-order valence-electron chi connectivity index (χ3n) is 12.0. The summed E-state index contributed by atoms with van der Waals surface area (Å²) >= 11 is 0. The van der Waals surface area contributed by atoms with E-state index in [9.17, 15) is 4.79 Å². The van der Waals surface area contributed by atoms with Crippen LogP contribution in [0.4, 0.5) is 0 Å². The summed E-state index contributed by atoms with van der Waals surface area (Å²) in [5, 5.41) is 0. The highest BCUT2D eigenvalue weighted by molar-refractivity contribution is 5.74. The fraction of sp³-hybridized carbons (Fsp3) is 0.914. The molecule has 4 aliphatic rings. The standard InChI is InChI=1S/C35H60O3/c1-8-10-14-32(37-9-2)33(36)38-27-19-21-34(6)26(23-27)15-16-28-30-18-17-29(25(5)13-11-12-24(3)4)35(30,7)22-20-31(28)34/h15,24-25,27-32H,8-14,16-23H2,1-7H3/t25-,27?,28?,29-,30?,31?,32?,34+,35-/m1/s1. The number of esters is 1. The van der Waals surface area contributed by atoms with E-state index in [4.69, 9.17) is 9.47 Å². The minimum atomic E-state index is -0.392. The number of unbranched alkanes of at least 4 members (excludes halogenated alkanes) is 1. The van der Waals surface area contributed by atoms with E-state index < -0.39 is 6.10 Å². The molecule has 0 heterocycles. The predicted octanol–water partition coefficient (Wildman–Crippen LogP) is 9.53. The maximum atomic E-state index is 13.0. The maximum absolute atomic E-state index is 13.0. The molecule has 0 amide bonds. The summed E-state index contributed by atoms with van der Waals surface area (Å²) in [6.07, 6.45) is 19.4. The zero-order valence-corrected chi connectivity index (χ0v) is 26.0. The molecule has 4 aliphatic carbocycles. The summed E-state index contributed by atoms with van der Waals surface area (Å²) in [6.45, 7) is 17.3. The van der Waals surface area contributed by atoms with Crippen LogP contribution in [-0.2, 0) is 14.3 Å². The Morgan fingerprint density at radius 2 is 1.76 bits per heavy atom. The molecule has 9 atom stereocenters. The average molecular weight is 529 g/mol. The molecule has 0 radical (unpaired) electrons. The Balaban J connectivity index is 1.40. The van der Waals surface area contributed by atoms with Crippen molar-refractivity contribution in [1.29, 1.82) is 0 Å². The molecule has 3 nitrogen and oxygen atoms in total. The fourth-order valence-electron chi connectivity index (χ4n) is 9.85. The third-order valence-corrected chi connectivity index (χ3v) is 12.0. The Morgan fingerprint density at radius 3 is 2.47 bits per heavy atom. The highest BCUT2D eigenvalue weighted by Crippen LogP contribution is 2.67. The number of hydrogen-bond donors (Lipinski definition) is 0. The highest BCUT2D eigenvalue weighted by atomic mass is 16.6. The molecule has 0 aromatic carbocycles. The van der Waals surface area contributed by atoms with Gasteiger partial charge in [0, 0.05) is 13.0 Å². The number of hydrogen-bond acceptors (Lipinski definition) is 3. The molecule has 0 saturated heterocycles. The van der Waals surface area contributed by atoms with Crippen LogP contribution in [0.3, 0.4) is 0 Å². The molecule has 38 heavy (non-hydrogen) atoms. The molecule has 0 spiro atoms. The van der Waals surface area contributed by atoms with E-state index >= 15 is 0 Å². The molecule has 218 valence electrons. The van der Waals surface area contributed by atoms with Crippen molar-refractivity contribution in [2.75, 3.05) is 6.61 Å². The van der Waals surface area contributed by atoms with Gasteiger partial charge in [0.05, 0.1) is 0 Å². The first-order chi connectivity index (χ1) is 18.1. The van der Waals surface area contributed by atoms with Crippen molar-refractivity contribution in [2.45, 2.75) is 151 Å². The van der Waals surface area contributed by atoms with Crippen molar-refractivity contribution in [3.63, 3.8) is 0 Å². The topological polar surface area (TPSA) is 35.5 Å². The lowest BCUT2D eigenvalue weighted by atomic mass is 9.47. The van der Waals surface area contributed by atoms with Gasteiger partial charge in [-0.1, -0.05) is 85.3 Å². The first kappa shape index (κ1) is 30.1. The summed E-state index contributed by atoms with van der Waals surface area (Å²) in [6, 6.07) is 0. The third kappa shape index (κ3) is 6.08. The summed E-state index contributed by atoms with van der Waals surface area (Å²) < 4.78 is 11.9. The Labute approximate surface area is 235 Å². The number of carbonyl (C=O) groups is 1. The number of fused-ring (bicyclic) bond motifs is 5. The number of rotatable bonds is 12. The van der Waals surface area contributed by atoms with Crippen LogP contribution in [-0.4, -0.2) is 24.8 Å². The van der Waals surface area contributed by atoms with E-state index in [1.54, 1.807) is 5.57 Å². The second kappa shape index (κ2) is 12.8. The van der Waals surface area contributed by atoms with Gasteiger partial charge < -0.3 is 9.47 Å². The van der Waals surface area contributed by atoms with Gasteiger partial charge in [-0.25, -0.2) is 4.79 Å². The second-order valence-electron chi connectivity index (χ2n) is 14.7.